The average Bonchev–Trinajstić information content (AvgIpc) is 2.70. The van der Waals surface area contributed by atoms with Crippen LogP contribution >= 0.6 is 0 Å². The van der Waals surface area contributed by atoms with Crippen LogP contribution in [-0.2, 0) is 14.4 Å². The molecule has 1 aliphatic rings. The van der Waals surface area contributed by atoms with Gasteiger partial charge in [-0.05, 0) is 33.3 Å². The van der Waals surface area contributed by atoms with E-state index in [4.69, 9.17) is 9.57 Å². The third-order valence-electron chi connectivity index (χ3n) is 2.91. The number of rotatable bonds is 1. The van der Waals surface area contributed by atoms with Gasteiger partial charge in [0.25, 0.3) is 0 Å². The number of carbonyl (C=O) groups is 2. The Balaban J connectivity index is 2.07. The summed E-state index contributed by atoms with van der Waals surface area (Å²) in [5, 5.41) is 0.984. The van der Waals surface area contributed by atoms with Gasteiger partial charge in [-0.15, -0.1) is 5.06 Å². The number of aryl methyl sites for hydroxylation is 1. The molecule has 0 saturated carbocycles. The molecule has 1 aliphatic heterocycles. The summed E-state index contributed by atoms with van der Waals surface area (Å²) in [6.07, 6.45) is -0.638. The number of carbonyl (C=O) groups excluding carboxylic acids is 2. The molecule has 0 aliphatic carbocycles. The SMILES string of the molecule is Cc1ccc(C2CN(C(=O)OC(C)(C)C)OC2=O)cc1. The number of benzene rings is 1. The molecule has 1 atom stereocenters. The van der Waals surface area contributed by atoms with Crippen molar-refractivity contribution in [1.82, 2.24) is 5.06 Å². The van der Waals surface area contributed by atoms with Crippen LogP contribution in [0.15, 0.2) is 24.3 Å². The standard InChI is InChI=1S/C15H19NO4/c1-10-5-7-11(8-6-10)12-9-16(20-13(12)17)14(18)19-15(2,3)4/h5-8,12H,9H2,1-4H3. The van der Waals surface area contributed by atoms with Crippen molar-refractivity contribution in [3.63, 3.8) is 0 Å². The van der Waals surface area contributed by atoms with Crippen LogP contribution in [0.1, 0.15) is 37.8 Å². The predicted octanol–water partition coefficient (Wildman–Crippen LogP) is 2.79. The van der Waals surface area contributed by atoms with E-state index in [-0.39, 0.29) is 6.54 Å². The molecule has 5 heteroatoms. The molecule has 0 aromatic heterocycles. The van der Waals surface area contributed by atoms with E-state index in [1.165, 1.54) is 0 Å². The molecule has 2 rings (SSSR count). The molecule has 0 N–H and O–H groups in total. The molecular weight excluding hydrogens is 258 g/mol. The van der Waals surface area contributed by atoms with E-state index in [0.29, 0.717) is 0 Å². The summed E-state index contributed by atoms with van der Waals surface area (Å²) < 4.78 is 5.18. The monoisotopic (exact) mass is 277 g/mol. The molecule has 1 fully saturated rings. The molecular formula is C15H19NO4. The second-order valence-corrected chi connectivity index (χ2v) is 5.92. The van der Waals surface area contributed by atoms with Gasteiger partial charge >= 0.3 is 12.1 Å². The van der Waals surface area contributed by atoms with Gasteiger partial charge in [-0.2, -0.15) is 0 Å². The van der Waals surface area contributed by atoms with Crippen molar-refractivity contribution in [3.05, 3.63) is 35.4 Å². The highest BCUT2D eigenvalue weighted by Gasteiger charge is 2.39. The third-order valence-corrected chi connectivity index (χ3v) is 2.91. The summed E-state index contributed by atoms with van der Waals surface area (Å²) in [4.78, 5) is 28.7. The van der Waals surface area contributed by atoms with Crippen LogP contribution in [0.3, 0.4) is 0 Å². The van der Waals surface area contributed by atoms with E-state index < -0.39 is 23.6 Å². The number of amides is 1. The summed E-state index contributed by atoms with van der Waals surface area (Å²) in [6, 6.07) is 7.61. The van der Waals surface area contributed by atoms with Crippen molar-refractivity contribution < 1.29 is 19.2 Å². The zero-order chi connectivity index (χ0) is 14.9. The average molecular weight is 277 g/mol. The zero-order valence-electron chi connectivity index (χ0n) is 12.2. The van der Waals surface area contributed by atoms with E-state index in [1.54, 1.807) is 20.8 Å². The minimum Gasteiger partial charge on any atom is -0.442 e. The smallest absolute Gasteiger partial charge is 0.442 e. The van der Waals surface area contributed by atoms with Crippen molar-refractivity contribution in [2.24, 2.45) is 0 Å². The third kappa shape index (κ3) is 3.29. The van der Waals surface area contributed by atoms with Crippen LogP contribution in [0.5, 0.6) is 0 Å². The molecule has 108 valence electrons. The minimum atomic E-state index is -0.638. The normalized spacial score (nSPS) is 18.9. The number of ether oxygens (including phenoxy) is 1. The number of nitrogens with zero attached hydrogens (tertiary/aromatic N) is 1. The molecule has 1 amide bonds. The van der Waals surface area contributed by atoms with Gasteiger partial charge in [-0.3, -0.25) is 0 Å². The lowest BCUT2D eigenvalue weighted by Crippen LogP contribution is -2.34. The fourth-order valence-electron chi connectivity index (χ4n) is 1.91. The van der Waals surface area contributed by atoms with E-state index >= 15 is 0 Å². The van der Waals surface area contributed by atoms with Crippen LogP contribution < -0.4 is 0 Å². The van der Waals surface area contributed by atoms with Gasteiger partial charge in [-0.1, -0.05) is 29.8 Å². The van der Waals surface area contributed by atoms with Gasteiger partial charge in [0.2, 0.25) is 0 Å². The van der Waals surface area contributed by atoms with E-state index in [2.05, 4.69) is 0 Å². The summed E-state index contributed by atoms with van der Waals surface area (Å²) in [5.74, 6) is -0.886. The van der Waals surface area contributed by atoms with Gasteiger partial charge in [0.15, 0.2) is 0 Å². The van der Waals surface area contributed by atoms with Gasteiger partial charge in [0, 0.05) is 0 Å². The topological polar surface area (TPSA) is 55.8 Å². The van der Waals surface area contributed by atoms with Gasteiger partial charge < -0.3 is 9.57 Å². The molecule has 0 spiro atoms. The highest BCUT2D eigenvalue weighted by Crippen LogP contribution is 2.26. The van der Waals surface area contributed by atoms with E-state index in [0.717, 1.165) is 16.2 Å². The van der Waals surface area contributed by atoms with Gasteiger partial charge in [-0.25, -0.2) is 9.59 Å². The Labute approximate surface area is 118 Å². The molecule has 1 aromatic carbocycles. The zero-order valence-corrected chi connectivity index (χ0v) is 12.2. The van der Waals surface area contributed by atoms with Crippen LogP contribution in [0.4, 0.5) is 4.79 Å². The Hall–Kier alpha value is -2.04. The Morgan fingerprint density at radius 1 is 1.30 bits per heavy atom. The summed E-state index contributed by atoms with van der Waals surface area (Å²) in [5.41, 5.74) is 1.33. The van der Waals surface area contributed by atoms with Gasteiger partial charge in [0.05, 0.1) is 6.54 Å². The first-order valence-corrected chi connectivity index (χ1v) is 6.55. The first kappa shape index (κ1) is 14.4. The molecule has 1 heterocycles. The number of hydroxylamine groups is 2. The summed E-state index contributed by atoms with van der Waals surface area (Å²) in [6.45, 7) is 7.45. The van der Waals surface area contributed by atoms with Crippen molar-refractivity contribution >= 4 is 12.1 Å². The lowest BCUT2D eigenvalue weighted by molar-refractivity contribution is -0.166. The maximum absolute atomic E-state index is 11.9. The second kappa shape index (κ2) is 5.15. The van der Waals surface area contributed by atoms with Crippen molar-refractivity contribution in [1.29, 1.82) is 0 Å². The molecule has 20 heavy (non-hydrogen) atoms. The van der Waals surface area contributed by atoms with E-state index in [9.17, 15) is 9.59 Å². The Morgan fingerprint density at radius 2 is 1.90 bits per heavy atom. The summed E-state index contributed by atoms with van der Waals surface area (Å²) in [7, 11) is 0. The molecule has 1 aromatic rings. The first-order valence-electron chi connectivity index (χ1n) is 6.55. The Morgan fingerprint density at radius 3 is 2.45 bits per heavy atom. The quantitative estimate of drug-likeness (QED) is 0.792. The Bertz CT molecular complexity index is 516. The van der Waals surface area contributed by atoms with Crippen LogP contribution in [0.2, 0.25) is 0 Å². The maximum Gasteiger partial charge on any atom is 0.443 e. The predicted molar refractivity (Wildman–Crippen MR) is 73.0 cm³/mol. The fourth-order valence-corrected chi connectivity index (χ4v) is 1.91. The molecule has 0 radical (unpaired) electrons. The summed E-state index contributed by atoms with van der Waals surface area (Å²) >= 11 is 0. The van der Waals surface area contributed by atoms with Crippen molar-refractivity contribution in [2.75, 3.05) is 6.54 Å². The van der Waals surface area contributed by atoms with Crippen molar-refractivity contribution in [3.8, 4) is 0 Å². The molecule has 1 unspecified atom stereocenters. The largest absolute Gasteiger partial charge is 0.443 e. The number of hydrogen-bond acceptors (Lipinski definition) is 4. The van der Waals surface area contributed by atoms with E-state index in [1.807, 2.05) is 31.2 Å². The van der Waals surface area contributed by atoms with Crippen LogP contribution in [0, 0.1) is 6.92 Å². The molecule has 0 bridgehead atoms. The molecule has 5 nitrogen and oxygen atoms in total. The highest BCUT2D eigenvalue weighted by molar-refractivity contribution is 5.83. The van der Waals surface area contributed by atoms with Crippen LogP contribution in [0.25, 0.3) is 0 Å². The lowest BCUT2D eigenvalue weighted by atomic mass is 9.99. The molecule has 1 saturated heterocycles. The van der Waals surface area contributed by atoms with Crippen molar-refractivity contribution in [2.45, 2.75) is 39.2 Å². The Kier molecular flexibility index (Phi) is 3.70. The first-order chi connectivity index (χ1) is 9.26. The number of hydrogen-bond donors (Lipinski definition) is 0. The highest BCUT2D eigenvalue weighted by atomic mass is 16.8. The fraction of sp³-hybridized carbons (Fsp3) is 0.467. The van der Waals surface area contributed by atoms with Gasteiger partial charge in [0.1, 0.15) is 11.5 Å². The van der Waals surface area contributed by atoms with Crippen LogP contribution in [-0.4, -0.2) is 29.3 Å². The lowest BCUT2D eigenvalue weighted by Gasteiger charge is -2.22. The second-order valence-electron chi connectivity index (χ2n) is 5.92. The maximum atomic E-state index is 11.9. The minimum absolute atomic E-state index is 0.177.